The fourth-order valence-electron chi connectivity index (χ4n) is 12.7. The van der Waals surface area contributed by atoms with E-state index in [1.165, 1.54) is 7.11 Å². The van der Waals surface area contributed by atoms with E-state index in [0.717, 1.165) is 11.8 Å². The zero-order valence-corrected chi connectivity index (χ0v) is 53.3. The van der Waals surface area contributed by atoms with E-state index in [4.69, 9.17) is 90.0 Å². The second-order valence-corrected chi connectivity index (χ2v) is 25.7. The Morgan fingerprint density at radius 1 is 0.224 bits per heavy atom. The molecule has 0 unspecified atom stereocenters. The number of hydrogen-bond donors (Lipinski definition) is 23. The van der Waals surface area contributed by atoms with Gasteiger partial charge in [0.25, 0.3) is 0 Å². The Labute approximate surface area is 561 Å². The molecule has 23 N–H and O–H groups in total. The van der Waals surface area contributed by atoms with Gasteiger partial charge in [0.15, 0.2) is 50.3 Å². The average molecular weight is 1460 g/mol. The minimum absolute atomic E-state index is 0.129. The van der Waals surface area contributed by atoms with Crippen molar-refractivity contribution in [3.63, 3.8) is 0 Å². The van der Waals surface area contributed by atoms with Crippen LogP contribution in [0.15, 0.2) is 0 Å². The molecule has 0 radical (unpaired) electrons. The van der Waals surface area contributed by atoms with Crippen LogP contribution in [0.2, 0.25) is 0 Å². The highest BCUT2D eigenvalue weighted by Crippen LogP contribution is 2.40. The molecule has 0 aliphatic carbocycles. The van der Waals surface area contributed by atoms with Crippen LogP contribution in [0.25, 0.3) is 0 Å². The molecule has 0 aromatic carbocycles. The third-order valence-corrected chi connectivity index (χ3v) is 19.2. The zero-order valence-electron chi connectivity index (χ0n) is 52.4. The van der Waals surface area contributed by atoms with Crippen molar-refractivity contribution in [2.24, 2.45) is 0 Å². The number of aliphatic hydroxyl groups excluding tert-OH is 23. The maximum atomic E-state index is 11.9. The lowest BCUT2D eigenvalue weighted by molar-refractivity contribution is -0.403. The first kappa shape index (κ1) is 80.8. The van der Waals surface area contributed by atoms with Gasteiger partial charge in [-0.25, -0.2) is 0 Å². The standard InChI is InChI=1S/C55H94O42S/c1-79-2-3-80-4-5-81-6-7-98-15-23-47-31(70)39(78)55(89-23)96-46-22(14-62)87-53(37(76)29(46)68)94-44-20(12-60)85-51(35(74)27(44)66)92-42-18(10-58)83-49(33(72)25(42)64)90-40-16(8-56)82-48(32(71)24(40)63)91-41-17(9-57)84-50(34(73)26(41)65)93-43-19(11-59)86-52(36(75)28(43)67)95-45-21(13-61)88-54(97-47)38(77)30(45)69/h16-78H,2-15H2,1H3/t16-,17-,18-,19-,20-,21-,22-,23-,24-,25-,26-,27-,28-,29-,30-,31-,32-,33-,34-,35-,36-,37-,38-,39-,40-,41-,42-,43-,44-,45-,46-,47-,48-,49-,50-,51-,52-,53-,54-,55-/m1/s1. The quantitative estimate of drug-likeness (QED) is 0.0567. The van der Waals surface area contributed by atoms with Crippen molar-refractivity contribution in [1.29, 1.82) is 0 Å². The van der Waals surface area contributed by atoms with Crippen LogP contribution >= 0.6 is 11.8 Å². The largest absolute Gasteiger partial charge is 0.394 e. The summed E-state index contributed by atoms with van der Waals surface area (Å²) < 4.78 is 109. The van der Waals surface area contributed by atoms with Crippen molar-refractivity contribution in [3.8, 4) is 0 Å². The molecule has 30 saturated heterocycles. The Bertz CT molecular complexity index is 2320. The average Bonchev–Trinajstić information content (AvgIpc) is 0.779. The topological polar surface area (TPSA) is 641 Å². The molecular weight excluding hydrogens is 1360 g/mol. The first-order valence-electron chi connectivity index (χ1n) is 31.7. The van der Waals surface area contributed by atoms with Gasteiger partial charge in [0.2, 0.25) is 0 Å². The zero-order chi connectivity index (χ0) is 71.1. The molecule has 16 bridgehead atoms. The van der Waals surface area contributed by atoms with Gasteiger partial charge < -0.3 is 207 Å². The molecule has 30 heterocycles. The van der Waals surface area contributed by atoms with Crippen molar-refractivity contribution in [2.45, 2.75) is 246 Å². The molecular formula is C55H94O42S. The molecule has 30 aliphatic rings. The van der Waals surface area contributed by atoms with Gasteiger partial charge in [-0.15, -0.1) is 0 Å². The molecule has 0 aromatic rings. The predicted molar refractivity (Wildman–Crippen MR) is 305 cm³/mol. The number of thioether (sulfide) groups is 1. The summed E-state index contributed by atoms with van der Waals surface area (Å²) in [7, 11) is 1.51. The summed E-state index contributed by atoms with van der Waals surface area (Å²) in [4.78, 5) is 0. The lowest BCUT2D eigenvalue weighted by atomic mass is 9.95. The van der Waals surface area contributed by atoms with Gasteiger partial charge in [0.05, 0.1) is 85.4 Å². The van der Waals surface area contributed by atoms with Crippen LogP contribution in [0.3, 0.4) is 0 Å². The molecule has 0 amide bonds. The summed E-state index contributed by atoms with van der Waals surface area (Å²) >= 11 is 1.14. The molecule has 0 aromatic heterocycles. The third kappa shape index (κ3) is 17.7. The highest BCUT2D eigenvalue weighted by Gasteiger charge is 2.60. The number of ether oxygens (including phenoxy) is 19. The van der Waals surface area contributed by atoms with Gasteiger partial charge in [-0.1, -0.05) is 0 Å². The minimum atomic E-state index is -2.25. The number of methoxy groups -OCH3 is 1. The molecule has 0 saturated carbocycles. The van der Waals surface area contributed by atoms with Crippen molar-refractivity contribution in [2.75, 3.05) is 97.9 Å². The van der Waals surface area contributed by atoms with Crippen LogP contribution < -0.4 is 0 Å². The van der Waals surface area contributed by atoms with Gasteiger partial charge in [-0.05, 0) is 0 Å². The van der Waals surface area contributed by atoms with Crippen molar-refractivity contribution in [1.82, 2.24) is 0 Å². The van der Waals surface area contributed by atoms with Crippen LogP contribution in [0.1, 0.15) is 0 Å². The Balaban J connectivity index is 0.978. The second kappa shape index (κ2) is 36.8. The van der Waals surface area contributed by atoms with E-state index in [1.54, 1.807) is 0 Å². The van der Waals surface area contributed by atoms with Gasteiger partial charge in [0.1, 0.15) is 189 Å². The van der Waals surface area contributed by atoms with E-state index < -0.39 is 292 Å². The maximum absolute atomic E-state index is 11.9. The number of rotatable bonds is 18. The summed E-state index contributed by atoms with van der Waals surface area (Å²) in [6.07, 6.45) is -81.0. The van der Waals surface area contributed by atoms with Gasteiger partial charge in [-0.3, -0.25) is 0 Å². The highest BCUT2D eigenvalue weighted by molar-refractivity contribution is 7.99. The molecule has 43 heteroatoms. The monoisotopic (exact) mass is 1460 g/mol. The number of hydrogen-bond acceptors (Lipinski definition) is 43. The smallest absolute Gasteiger partial charge is 0.187 e. The molecule has 0 spiro atoms. The Hall–Kier alpha value is -1.33. The predicted octanol–water partition coefficient (Wildman–Crippen LogP) is -16.0. The van der Waals surface area contributed by atoms with E-state index in [9.17, 15) is 117 Å². The highest BCUT2D eigenvalue weighted by atomic mass is 32.2. The second-order valence-electron chi connectivity index (χ2n) is 24.6. The van der Waals surface area contributed by atoms with Gasteiger partial charge >= 0.3 is 0 Å². The fourth-order valence-corrected chi connectivity index (χ4v) is 13.6. The van der Waals surface area contributed by atoms with Crippen LogP contribution in [0, 0.1) is 0 Å². The van der Waals surface area contributed by atoms with Crippen LogP contribution in [0.4, 0.5) is 0 Å². The molecule has 42 nitrogen and oxygen atoms in total. The van der Waals surface area contributed by atoms with E-state index in [2.05, 4.69) is 0 Å². The lowest BCUT2D eigenvalue weighted by Crippen LogP contribution is -2.69. The van der Waals surface area contributed by atoms with Crippen molar-refractivity contribution >= 4 is 11.8 Å². The molecule has 30 fully saturated rings. The van der Waals surface area contributed by atoms with Crippen LogP contribution in [-0.2, 0) is 90.0 Å². The number of aliphatic hydroxyl groups is 23. The molecule has 572 valence electrons. The van der Waals surface area contributed by atoms with Crippen molar-refractivity contribution < 1.29 is 207 Å². The Morgan fingerprint density at radius 2 is 0.398 bits per heavy atom. The summed E-state index contributed by atoms with van der Waals surface area (Å²) in [5.41, 5.74) is 0. The van der Waals surface area contributed by atoms with E-state index in [-0.39, 0.29) is 31.3 Å². The molecule has 40 atom stereocenters. The van der Waals surface area contributed by atoms with Crippen LogP contribution in [0.5, 0.6) is 0 Å². The van der Waals surface area contributed by atoms with Crippen LogP contribution in [-0.4, -0.2) is 461 Å². The fraction of sp³-hybridized carbons (Fsp3) is 1.00. The Morgan fingerprint density at radius 3 is 0.592 bits per heavy atom. The maximum Gasteiger partial charge on any atom is 0.187 e. The SMILES string of the molecule is COCCOCCOCCSC[C@H]1O[C@@H]2O[C@H]3[C@H](O)[C@@H](O)[C@@H](O[C@H]4[C@H](O)[C@@H](O)[C@@H](O[C@H]5[C@H](O)[C@@H](O)[C@@H](O[C@H]6[C@H](O)[C@@H](O)[C@@H](O[C@H]7[C@H](O)[C@@H](O)[C@@H](O[C@H]8[C@H](O)[C@@H](O)[C@@H](O[C@H]9[C@H](O)[C@@H](O)[C@@H](O[C@H]1[C@H](O)[C@H]2O)O[C@@H]9CO)O[C@@H]8CO)O[C@@H]7CO)O[C@@H]6CO)O[C@@H]5CO)O[C@@H]4CO)O[C@@H]3CO. The van der Waals surface area contributed by atoms with E-state index in [1.807, 2.05) is 0 Å². The summed E-state index contributed by atoms with van der Waals surface area (Å²) in [6, 6.07) is 0. The third-order valence-electron chi connectivity index (χ3n) is 18.2. The first-order valence-corrected chi connectivity index (χ1v) is 32.9. The lowest BCUT2D eigenvalue weighted by Gasteiger charge is -2.50. The van der Waals surface area contributed by atoms with Crippen molar-refractivity contribution in [3.05, 3.63) is 0 Å². The molecule has 30 aliphatic heterocycles. The van der Waals surface area contributed by atoms with Gasteiger partial charge in [0, 0.05) is 18.6 Å². The molecule has 30 rings (SSSR count). The van der Waals surface area contributed by atoms with E-state index in [0.29, 0.717) is 13.2 Å². The normalized spacial score (nSPS) is 50.9. The van der Waals surface area contributed by atoms with E-state index >= 15 is 0 Å². The summed E-state index contributed by atoms with van der Waals surface area (Å²) in [5, 5.41) is 258. The molecule has 98 heavy (non-hydrogen) atoms. The first-order chi connectivity index (χ1) is 46.9. The minimum Gasteiger partial charge on any atom is -0.394 e. The summed E-state index contributed by atoms with van der Waals surface area (Å²) in [6.45, 7) is -6.30. The Kier molecular flexibility index (Phi) is 30.3. The summed E-state index contributed by atoms with van der Waals surface area (Å²) in [5.74, 6) is 0.0664. The van der Waals surface area contributed by atoms with Gasteiger partial charge in [-0.2, -0.15) is 11.8 Å².